The quantitative estimate of drug-likeness (QED) is 0.0171. The highest BCUT2D eigenvalue weighted by molar-refractivity contribution is 7.48. The molecule has 0 saturated carbocycles. The highest BCUT2D eigenvalue weighted by Gasteiger charge is 2.53. The highest BCUT2D eigenvalue weighted by atomic mass is 31.2. The Balaban J connectivity index is 0.000000245. The third kappa shape index (κ3) is 24.8. The van der Waals surface area contributed by atoms with Crippen molar-refractivity contribution in [1.82, 2.24) is 63.9 Å². The topological polar surface area (TPSA) is 695 Å². The van der Waals surface area contributed by atoms with Crippen molar-refractivity contribution in [3.8, 4) is 0 Å². The van der Waals surface area contributed by atoms with Crippen LogP contribution in [0.2, 0.25) is 0 Å². The maximum atomic E-state index is 13.6. The maximum absolute atomic E-state index is 13.6. The molecule has 11 rings (SSSR count). The van der Waals surface area contributed by atoms with E-state index in [0.29, 0.717) is 42.3 Å². The molecule has 13 N–H and O–H groups in total. The number of nitrogens with zero attached hydrogens (tertiary/aromatic N) is 11. The van der Waals surface area contributed by atoms with Crippen LogP contribution in [0.15, 0.2) is 47.1 Å². The molecule has 0 amide bonds. The number of likely N-dealkylation sites (tertiary alicyclic amines) is 1. The largest absolute Gasteiger partial charge is 0.756 e. The van der Waals surface area contributed by atoms with Crippen LogP contribution in [0, 0.1) is 25.7 Å². The normalized spacial score (nSPS) is 24.8. The summed E-state index contributed by atoms with van der Waals surface area (Å²) in [6.07, 6.45) is -1.97. The molecule has 116 heavy (non-hydrogen) atoms. The van der Waals surface area contributed by atoms with Crippen molar-refractivity contribution in [1.29, 1.82) is 0 Å². The maximum Gasteiger partial charge on any atom is 0.472 e. The molecule has 2 aliphatic carbocycles. The summed E-state index contributed by atoms with van der Waals surface area (Å²) in [5.41, 5.74) is 15.2. The number of aryl methyl sites for hydroxylation is 2. The number of rotatable bonds is 46. The Morgan fingerprint density at radius 2 is 0.991 bits per heavy atom. The second-order valence-electron chi connectivity index (χ2n) is 26.5. The molecule has 3 aliphatic heterocycles. The van der Waals surface area contributed by atoms with E-state index in [1.807, 2.05) is 12.2 Å². The number of imidazole rings is 2. The number of hydrogen-bond donors (Lipinski definition) is 11. The monoisotopic (exact) mass is 1760 g/mol. The molecule has 49 nitrogen and oxygen atoms in total. The summed E-state index contributed by atoms with van der Waals surface area (Å²) >= 11 is 0. The van der Waals surface area contributed by atoms with Gasteiger partial charge >= 0.3 is 23.5 Å². The van der Waals surface area contributed by atoms with E-state index in [4.69, 9.17) is 105 Å². The molecule has 0 aromatic carbocycles. The van der Waals surface area contributed by atoms with Crippen LogP contribution in [0.1, 0.15) is 85.1 Å². The van der Waals surface area contributed by atoms with E-state index in [2.05, 4.69) is 49.8 Å². The minimum Gasteiger partial charge on any atom is -0.756 e. The van der Waals surface area contributed by atoms with Gasteiger partial charge in [-0.25, -0.2) is 53.6 Å². The Labute approximate surface area is 659 Å². The van der Waals surface area contributed by atoms with Crippen LogP contribution in [-0.2, 0) is 113 Å². The van der Waals surface area contributed by atoms with Gasteiger partial charge in [0.05, 0.1) is 89.6 Å². The van der Waals surface area contributed by atoms with Crippen LogP contribution in [0.25, 0.3) is 33.5 Å². The summed E-state index contributed by atoms with van der Waals surface area (Å²) in [5.74, 6) is -0.564. The van der Waals surface area contributed by atoms with E-state index in [9.17, 15) is 66.3 Å². The minimum absolute atomic E-state index is 0.0100. The van der Waals surface area contributed by atoms with Gasteiger partial charge in [0.25, 0.3) is 34.6 Å². The Hall–Kier alpha value is -5.76. The number of aromatic nitrogens is 12. The van der Waals surface area contributed by atoms with Crippen molar-refractivity contribution < 1.29 is 150 Å². The molecule has 55 heteroatoms. The van der Waals surface area contributed by atoms with Crippen LogP contribution in [0.3, 0.4) is 0 Å². The Bertz CT molecular complexity index is 4830. The summed E-state index contributed by atoms with van der Waals surface area (Å²) in [5, 5.41) is 36.1. The first kappa shape index (κ1) is 92.5. The van der Waals surface area contributed by atoms with Crippen LogP contribution < -0.4 is 37.3 Å². The van der Waals surface area contributed by atoms with Gasteiger partial charge in [-0.1, -0.05) is 12.2 Å². The number of phosphoric acid groups is 6. The lowest BCUT2D eigenvalue weighted by Crippen LogP contribution is -2.38. The number of nitrogen functional groups attached to an aromatic ring is 2. The smallest absolute Gasteiger partial charge is 0.472 e. The van der Waals surface area contributed by atoms with Gasteiger partial charge in [0.2, 0.25) is 0 Å². The van der Waals surface area contributed by atoms with Gasteiger partial charge in [0.15, 0.2) is 34.8 Å². The molecule has 17 atom stereocenters. The van der Waals surface area contributed by atoms with E-state index in [0.717, 1.165) is 22.3 Å². The van der Waals surface area contributed by atoms with E-state index < -0.39 is 165 Å². The van der Waals surface area contributed by atoms with Crippen molar-refractivity contribution >= 4 is 92.0 Å². The number of hydrogen-bond acceptors (Lipinski definition) is 42. The molecule has 5 aliphatic rings. The zero-order valence-electron chi connectivity index (χ0n) is 62.7. The van der Waals surface area contributed by atoms with Gasteiger partial charge in [0.1, 0.15) is 72.6 Å². The van der Waals surface area contributed by atoms with E-state index in [-0.39, 0.29) is 132 Å². The van der Waals surface area contributed by atoms with E-state index >= 15 is 0 Å². The van der Waals surface area contributed by atoms with Crippen molar-refractivity contribution in [2.45, 2.75) is 120 Å². The van der Waals surface area contributed by atoms with Crippen LogP contribution in [0.4, 0.5) is 11.6 Å². The minimum atomic E-state index is -5.35. The molecular formula is C61H90N15O34P6-3. The first-order valence-corrected chi connectivity index (χ1v) is 44.7. The molecule has 0 spiro atoms. The first-order valence-electron chi connectivity index (χ1n) is 35.8. The Kier molecular flexibility index (Phi) is 32.9. The van der Waals surface area contributed by atoms with E-state index in [1.165, 1.54) is 62.5 Å². The number of phosphoric ester groups is 6. The standard InChI is InChI=1S/C31H47N8O17P3.C30H46N7O17P3/c1-18-36-29-25(30(42)37-18)35-17-39(29)31-27(49-2)26(56-58(45,46)51-10-4-8-41)23(54-31)15-53-59(47,48)55-22-13-38(11-19-5-6-21-24(19)33-16-34-28(21)32)12-20(22)14-52-57(43,44)50-9-3-7-40;1-18-35-28-24(29(40)36-18)34-17-37(28)30-26(47-2)25(54-57(45,46)49-12-4-10-39)22(53-30)15-52-56(43,44)51-14-19(13-50-55(41,42)48-11-3-9-38)5-6-20-7-8-21-23(20)32-16-33-27(21)31/h5,16-17,20,22-23,26-27,31,40-41H,3-4,6-15H2,1-2H3,(H,43,44)(H,45,46)(H,47,48)(H2,32,33,34)(H,36,37,42);7,16-17,19,22,25-26,30,38-39H,3-6,8-15H2,1-2H3,(H,41,42)(H,43,44)(H,45,46)(H2,31,32,33)(H,35,36,40)/p-3/t20-,22?,23-,26?,27+,31-;19?,22-,25?,26+,30-/m11/s1. The number of nitrogens with two attached hydrogens (primary N) is 2. The molecule has 0 radical (unpaired) electrons. The van der Waals surface area contributed by atoms with Crippen LogP contribution in [0.5, 0.6) is 0 Å². The van der Waals surface area contributed by atoms with Gasteiger partial charge < -0.3 is 117 Å². The van der Waals surface area contributed by atoms with Crippen molar-refractivity contribution in [3.63, 3.8) is 0 Å². The lowest BCUT2D eigenvalue weighted by atomic mass is 10.00. The predicted molar refractivity (Wildman–Crippen MR) is 391 cm³/mol. The Morgan fingerprint density at radius 3 is 1.51 bits per heavy atom. The lowest BCUT2D eigenvalue weighted by Gasteiger charge is -2.32. The third-order valence-electron chi connectivity index (χ3n) is 18.3. The van der Waals surface area contributed by atoms with Gasteiger partial charge in [0, 0.05) is 83.2 Å². The summed E-state index contributed by atoms with van der Waals surface area (Å²) in [6.45, 7) is -2.56. The first-order chi connectivity index (χ1) is 55.1. The SMILES string of the molecule is CO[C@H]1C(OP(=O)(O)OCCCO)[C@@H](COP(=O)(O)OCC(CCC2=CCc3c(N)ncnc32)COP(=O)(O)OCCCO)O[C@H]1n1cnc2c(=O)[nH]c(C)nc21.CO[C@H]1C(OP(=O)([O-])OCCCO)[C@@H](COP(=O)([O-])OC2CN(CC3=CCc4c(N)ncnc43)C[C@@H]2COP(=O)([O-])OCCCO)O[C@H]1n1cnc2c(=O)[nH]c(C)nc21. The summed E-state index contributed by atoms with van der Waals surface area (Å²) < 4.78 is 166. The number of aliphatic hydroxyl groups excluding tert-OH is 4. The molecule has 0 bridgehead atoms. The number of allylic oxidation sites excluding steroid dienone is 3. The van der Waals surface area contributed by atoms with Crippen molar-refractivity contribution in [2.75, 3.05) is 131 Å². The number of ether oxygens (including phenoxy) is 4. The Morgan fingerprint density at radius 1 is 0.543 bits per heavy atom. The fraction of sp³-hybridized carbons (Fsp3) is 0.639. The summed E-state index contributed by atoms with van der Waals surface area (Å²) in [6, 6.07) is 0. The third-order valence-corrected chi connectivity index (χ3v) is 24.2. The molecule has 3 saturated heterocycles. The lowest BCUT2D eigenvalue weighted by molar-refractivity contribution is -0.237. The number of aliphatic hydroxyl groups is 4. The molecule has 646 valence electrons. The van der Waals surface area contributed by atoms with Gasteiger partial charge in [-0.2, -0.15) is 0 Å². The fourth-order valence-electron chi connectivity index (χ4n) is 12.9. The zero-order valence-corrected chi connectivity index (χ0v) is 68.1. The molecule has 10 unspecified atom stereocenters. The number of fused-ring (bicyclic) bond motifs is 4. The van der Waals surface area contributed by atoms with Gasteiger partial charge in [-0.3, -0.25) is 64.5 Å². The van der Waals surface area contributed by atoms with Gasteiger partial charge in [-0.05, 0) is 76.4 Å². The number of H-pyrrole nitrogens is 2. The number of anilines is 2. The average Bonchev–Trinajstić information content (AvgIpc) is 1.61. The average molecular weight is 1760 g/mol. The fourth-order valence-corrected chi connectivity index (χ4v) is 18.2. The molecule has 6 aromatic rings. The summed E-state index contributed by atoms with van der Waals surface area (Å²) in [4.78, 5) is 136. The molecular weight excluding hydrogens is 1670 g/mol. The second kappa shape index (κ2) is 41.2. The number of aromatic amines is 2. The van der Waals surface area contributed by atoms with Crippen molar-refractivity contribution in [3.05, 3.63) is 92.3 Å². The van der Waals surface area contributed by atoms with Crippen LogP contribution in [-0.4, -0.2) is 261 Å². The van der Waals surface area contributed by atoms with Crippen LogP contribution >= 0.6 is 46.9 Å². The van der Waals surface area contributed by atoms with Gasteiger partial charge in [-0.15, -0.1) is 0 Å². The summed E-state index contributed by atoms with van der Waals surface area (Å²) in [7, 11) is -27.4. The molecule has 6 aromatic heterocycles. The van der Waals surface area contributed by atoms with Crippen molar-refractivity contribution in [2.24, 2.45) is 11.8 Å². The predicted octanol–water partition coefficient (Wildman–Crippen LogP) is -0.426. The highest BCUT2D eigenvalue weighted by Crippen LogP contribution is 2.54. The second-order valence-corrected chi connectivity index (χ2v) is 35.0. The van der Waals surface area contributed by atoms with E-state index in [1.54, 1.807) is 4.90 Å². The number of nitrogens with one attached hydrogen (secondary N) is 2. The number of methoxy groups -OCH3 is 2. The molecule has 3 fully saturated rings. The molecule has 9 heterocycles. The zero-order chi connectivity index (χ0) is 83.9.